The summed E-state index contributed by atoms with van der Waals surface area (Å²) in [4.78, 5) is 28.2. The van der Waals surface area contributed by atoms with Crippen LogP contribution in [-0.4, -0.2) is 31.1 Å². The Hall–Kier alpha value is -2.72. The second-order valence-electron chi connectivity index (χ2n) is 6.51. The van der Waals surface area contributed by atoms with E-state index in [2.05, 4.69) is 10.2 Å². The fourth-order valence-electron chi connectivity index (χ4n) is 2.66. The second-order valence-corrected chi connectivity index (χ2v) is 6.94. The van der Waals surface area contributed by atoms with E-state index in [1.54, 1.807) is 0 Å². The molecule has 0 aromatic heterocycles. The van der Waals surface area contributed by atoms with Crippen LogP contribution in [0.1, 0.15) is 15.9 Å². The van der Waals surface area contributed by atoms with Gasteiger partial charge in [0.05, 0.1) is 11.6 Å². The van der Waals surface area contributed by atoms with Crippen molar-refractivity contribution in [2.75, 3.05) is 18.2 Å². The first-order valence-corrected chi connectivity index (χ1v) is 8.96. The van der Waals surface area contributed by atoms with Gasteiger partial charge in [0.15, 0.2) is 0 Å². The number of hydroxylamine groups is 1. The van der Waals surface area contributed by atoms with Crippen molar-refractivity contribution in [3.8, 4) is 0 Å². The van der Waals surface area contributed by atoms with Crippen LogP contribution < -0.4 is 10.4 Å². The molecule has 160 valence electrons. The van der Waals surface area contributed by atoms with Crippen LogP contribution in [0.15, 0.2) is 48.5 Å². The summed E-state index contributed by atoms with van der Waals surface area (Å²) in [6.07, 6.45) is -5.37. The Bertz CT molecular complexity index is 929. The number of amides is 1. The number of benzene rings is 2. The van der Waals surface area contributed by atoms with Crippen LogP contribution >= 0.6 is 11.6 Å². The molecule has 5 nitrogen and oxygen atoms in total. The molecule has 30 heavy (non-hydrogen) atoms. The van der Waals surface area contributed by atoms with E-state index in [9.17, 15) is 31.5 Å². The summed E-state index contributed by atoms with van der Waals surface area (Å²) in [5, 5.41) is 3.10. The van der Waals surface area contributed by atoms with E-state index in [0.717, 1.165) is 24.3 Å². The number of hydrogen-bond donors (Lipinski definition) is 1. The number of nitrogens with zero attached hydrogens (tertiary/aromatic N) is 1. The SMILES string of the molecule is O=C(c1ccc(Cl)cc1)N(OC(=O)C(F)(F)F)c1ccc(C(F)(F)C2CNC2)cc1. The Balaban J connectivity index is 1.92. The van der Waals surface area contributed by atoms with Gasteiger partial charge in [-0.1, -0.05) is 23.7 Å². The van der Waals surface area contributed by atoms with E-state index in [4.69, 9.17) is 11.6 Å². The minimum atomic E-state index is -5.37. The van der Waals surface area contributed by atoms with Crippen LogP contribution in [0.4, 0.5) is 27.6 Å². The Morgan fingerprint density at radius 1 is 0.967 bits per heavy atom. The van der Waals surface area contributed by atoms with Crippen LogP contribution in [0.25, 0.3) is 0 Å². The van der Waals surface area contributed by atoms with Crippen LogP contribution in [0.2, 0.25) is 5.02 Å². The molecule has 1 heterocycles. The summed E-state index contributed by atoms with van der Waals surface area (Å²) in [6.45, 7) is 0.248. The van der Waals surface area contributed by atoms with E-state index in [1.807, 2.05) is 0 Å². The third kappa shape index (κ3) is 4.54. The first kappa shape index (κ1) is 22.0. The Morgan fingerprint density at radius 2 is 1.53 bits per heavy atom. The third-order valence-corrected chi connectivity index (χ3v) is 4.71. The molecule has 0 atom stereocenters. The molecule has 2 aromatic carbocycles. The molecular weight excluding hydrogens is 435 g/mol. The summed E-state index contributed by atoms with van der Waals surface area (Å²) >= 11 is 5.72. The monoisotopic (exact) mass is 448 g/mol. The highest BCUT2D eigenvalue weighted by Gasteiger charge is 2.45. The molecule has 0 aliphatic carbocycles. The highest BCUT2D eigenvalue weighted by Crippen LogP contribution is 2.38. The molecule has 2 aromatic rings. The van der Waals surface area contributed by atoms with Crippen molar-refractivity contribution in [1.29, 1.82) is 0 Å². The lowest BCUT2D eigenvalue weighted by Crippen LogP contribution is -2.50. The summed E-state index contributed by atoms with van der Waals surface area (Å²) in [5.74, 6) is -7.85. The zero-order chi connectivity index (χ0) is 22.1. The number of halogens is 6. The number of hydrogen-bond acceptors (Lipinski definition) is 4. The lowest BCUT2D eigenvalue weighted by atomic mass is 9.90. The molecule has 3 rings (SSSR count). The van der Waals surface area contributed by atoms with Crippen molar-refractivity contribution in [3.63, 3.8) is 0 Å². The van der Waals surface area contributed by atoms with Gasteiger partial charge < -0.3 is 10.2 Å². The molecule has 1 N–H and O–H groups in total. The van der Waals surface area contributed by atoms with Gasteiger partial charge in [-0.15, -0.1) is 5.06 Å². The summed E-state index contributed by atoms with van der Waals surface area (Å²) in [7, 11) is 0. The van der Waals surface area contributed by atoms with Gasteiger partial charge in [0, 0.05) is 29.2 Å². The van der Waals surface area contributed by atoms with Crippen molar-refractivity contribution in [2.24, 2.45) is 5.92 Å². The van der Waals surface area contributed by atoms with Gasteiger partial charge in [-0.05, 0) is 36.4 Å². The van der Waals surface area contributed by atoms with Crippen LogP contribution in [0, 0.1) is 5.92 Å². The molecule has 0 unspecified atom stereocenters. The molecule has 0 saturated carbocycles. The standard InChI is InChI=1S/C19H14ClF5N2O3/c20-14-5-1-11(2-6-14)16(28)27(30-17(29)19(23,24)25)15-7-3-12(4-8-15)18(21,22)13-9-26-10-13/h1-8,13,26H,9-10H2. The first-order chi connectivity index (χ1) is 14.0. The Morgan fingerprint density at radius 3 is 2.00 bits per heavy atom. The van der Waals surface area contributed by atoms with E-state index < -0.39 is 29.9 Å². The zero-order valence-corrected chi connectivity index (χ0v) is 15.8. The molecule has 1 saturated heterocycles. The second kappa shape index (κ2) is 8.19. The molecular formula is C19H14ClF5N2O3. The van der Waals surface area contributed by atoms with Crippen LogP contribution in [-0.2, 0) is 15.6 Å². The molecule has 1 aliphatic rings. The molecule has 0 bridgehead atoms. The van der Waals surface area contributed by atoms with Crippen molar-refractivity contribution < 1.29 is 36.4 Å². The molecule has 11 heteroatoms. The number of rotatable bonds is 4. The Kier molecular flexibility index (Phi) is 6.00. The minimum absolute atomic E-state index is 0.103. The number of alkyl halides is 5. The highest BCUT2D eigenvalue weighted by atomic mass is 35.5. The van der Waals surface area contributed by atoms with Crippen LogP contribution in [0.5, 0.6) is 0 Å². The molecule has 1 aliphatic heterocycles. The smallest absolute Gasteiger partial charge is 0.324 e. The highest BCUT2D eigenvalue weighted by molar-refractivity contribution is 6.30. The average Bonchev–Trinajstić information content (AvgIpc) is 2.63. The first-order valence-electron chi connectivity index (χ1n) is 8.58. The lowest BCUT2D eigenvalue weighted by molar-refractivity contribution is -0.199. The largest absolute Gasteiger partial charge is 0.493 e. The number of carbonyl (C=O) groups is 2. The maximum atomic E-state index is 14.4. The summed E-state index contributed by atoms with van der Waals surface area (Å²) < 4.78 is 66.8. The fraction of sp³-hybridized carbons (Fsp3) is 0.263. The van der Waals surface area contributed by atoms with Crippen molar-refractivity contribution in [1.82, 2.24) is 5.32 Å². The van der Waals surface area contributed by atoms with Gasteiger partial charge in [-0.2, -0.15) is 13.2 Å². The maximum absolute atomic E-state index is 14.4. The van der Waals surface area contributed by atoms with E-state index in [0.29, 0.717) is 0 Å². The van der Waals surface area contributed by atoms with Crippen molar-refractivity contribution >= 4 is 29.2 Å². The van der Waals surface area contributed by atoms with Crippen LogP contribution in [0.3, 0.4) is 0 Å². The van der Waals surface area contributed by atoms with Gasteiger partial charge >= 0.3 is 12.1 Å². The van der Waals surface area contributed by atoms with Crippen molar-refractivity contribution in [3.05, 3.63) is 64.7 Å². The predicted molar refractivity (Wildman–Crippen MR) is 97.1 cm³/mol. The third-order valence-electron chi connectivity index (χ3n) is 4.46. The topological polar surface area (TPSA) is 58.6 Å². The van der Waals surface area contributed by atoms with Gasteiger partial charge in [0.25, 0.3) is 11.8 Å². The van der Waals surface area contributed by atoms with Gasteiger partial charge in [-0.3, -0.25) is 4.79 Å². The van der Waals surface area contributed by atoms with E-state index >= 15 is 0 Å². The maximum Gasteiger partial charge on any atom is 0.493 e. The number of anilines is 1. The summed E-state index contributed by atoms with van der Waals surface area (Å²) in [5.41, 5.74) is -0.845. The van der Waals surface area contributed by atoms with Gasteiger partial charge in [-0.25, -0.2) is 13.6 Å². The number of nitrogens with one attached hydrogen (secondary N) is 1. The fourth-order valence-corrected chi connectivity index (χ4v) is 2.78. The normalized spacial score (nSPS) is 14.7. The molecule has 0 spiro atoms. The lowest BCUT2D eigenvalue weighted by Gasteiger charge is -2.34. The van der Waals surface area contributed by atoms with Crippen molar-refractivity contribution in [2.45, 2.75) is 12.1 Å². The molecule has 1 fully saturated rings. The Labute approximate surface area is 172 Å². The molecule has 1 amide bonds. The van der Waals surface area contributed by atoms with E-state index in [1.165, 1.54) is 24.3 Å². The average molecular weight is 449 g/mol. The van der Waals surface area contributed by atoms with Gasteiger partial charge in [0.1, 0.15) is 0 Å². The number of carbonyl (C=O) groups excluding carboxylic acids is 2. The molecule has 0 radical (unpaired) electrons. The zero-order valence-electron chi connectivity index (χ0n) is 15.1. The predicted octanol–water partition coefficient (Wildman–Crippen LogP) is 4.32. The van der Waals surface area contributed by atoms with E-state index in [-0.39, 0.29) is 40.0 Å². The summed E-state index contributed by atoms with van der Waals surface area (Å²) in [6, 6.07) is 8.95. The van der Waals surface area contributed by atoms with Gasteiger partial charge in [0.2, 0.25) is 0 Å². The quantitative estimate of drug-likeness (QED) is 0.559. The minimum Gasteiger partial charge on any atom is -0.324 e.